The van der Waals surface area contributed by atoms with Gasteiger partial charge in [0.1, 0.15) is 0 Å². The van der Waals surface area contributed by atoms with Crippen LogP contribution in [0.15, 0.2) is 30.5 Å². The van der Waals surface area contributed by atoms with Crippen molar-refractivity contribution >= 4 is 0 Å². The van der Waals surface area contributed by atoms with Gasteiger partial charge in [-0.05, 0) is 17.5 Å². The molecule has 0 saturated heterocycles. The van der Waals surface area contributed by atoms with E-state index in [0.29, 0.717) is 5.56 Å². The van der Waals surface area contributed by atoms with Crippen molar-refractivity contribution in [2.45, 2.75) is 19.5 Å². The van der Waals surface area contributed by atoms with Gasteiger partial charge in [0.25, 0.3) is 0 Å². The molecule has 0 fully saturated rings. The van der Waals surface area contributed by atoms with E-state index < -0.39 is 11.9 Å². The molecule has 0 spiro atoms. The van der Waals surface area contributed by atoms with Crippen LogP contribution >= 0.6 is 0 Å². The minimum atomic E-state index is -4.43. The summed E-state index contributed by atoms with van der Waals surface area (Å²) in [6.45, 7) is 2.00. The fourth-order valence-corrected chi connectivity index (χ4v) is 1.83. The summed E-state index contributed by atoms with van der Waals surface area (Å²) < 4.78 is 39.6. The van der Waals surface area contributed by atoms with Gasteiger partial charge in [-0.25, -0.2) is 0 Å². The van der Waals surface area contributed by atoms with Crippen molar-refractivity contribution < 1.29 is 13.2 Å². The normalized spacial score (nSPS) is 11.8. The molecule has 0 radical (unpaired) electrons. The molecule has 0 unspecified atom stereocenters. The molecule has 5 heteroatoms. The number of alkyl halides is 3. The average Bonchev–Trinajstić information content (AvgIpc) is 2.71. The van der Waals surface area contributed by atoms with Crippen LogP contribution in [0.3, 0.4) is 0 Å². The molecule has 2 aromatic rings. The molecular formula is C13H13F3N2. The minimum Gasteiger partial charge on any atom is -0.275 e. The second-order valence-corrected chi connectivity index (χ2v) is 4.11. The predicted octanol–water partition coefficient (Wildman–Crippen LogP) is 3.67. The largest absolute Gasteiger partial charge is 0.435 e. The Morgan fingerprint density at radius 1 is 1.17 bits per heavy atom. The number of hydrogen-bond acceptors (Lipinski definition) is 1. The van der Waals surface area contributed by atoms with Crippen molar-refractivity contribution in [2.75, 3.05) is 0 Å². The molecule has 0 aliphatic rings. The zero-order chi connectivity index (χ0) is 13.3. The molecular weight excluding hydrogens is 241 g/mol. The monoisotopic (exact) mass is 254 g/mol. The second kappa shape index (κ2) is 4.48. The smallest absolute Gasteiger partial charge is 0.275 e. The van der Waals surface area contributed by atoms with Crippen molar-refractivity contribution in [2.24, 2.45) is 7.05 Å². The fraction of sp³-hybridized carbons (Fsp3) is 0.308. The van der Waals surface area contributed by atoms with Crippen LogP contribution in [0.2, 0.25) is 0 Å². The van der Waals surface area contributed by atoms with Gasteiger partial charge in [-0.2, -0.15) is 18.3 Å². The summed E-state index contributed by atoms with van der Waals surface area (Å²) in [6.07, 6.45) is -2.18. The van der Waals surface area contributed by atoms with Crippen LogP contribution in [0.5, 0.6) is 0 Å². The van der Waals surface area contributed by atoms with E-state index in [9.17, 15) is 13.2 Å². The first kappa shape index (κ1) is 12.7. The Morgan fingerprint density at radius 3 is 2.28 bits per heavy atom. The summed E-state index contributed by atoms with van der Waals surface area (Å²) in [6, 6.07) is 7.07. The van der Waals surface area contributed by atoms with Gasteiger partial charge in [0, 0.05) is 18.8 Å². The second-order valence-electron chi connectivity index (χ2n) is 4.11. The van der Waals surface area contributed by atoms with Crippen molar-refractivity contribution in [1.82, 2.24) is 9.78 Å². The lowest BCUT2D eigenvalue weighted by molar-refractivity contribution is -0.140. The first-order valence-electron chi connectivity index (χ1n) is 5.62. The van der Waals surface area contributed by atoms with E-state index in [-0.39, 0.29) is 5.56 Å². The van der Waals surface area contributed by atoms with Crippen molar-refractivity contribution in [3.63, 3.8) is 0 Å². The van der Waals surface area contributed by atoms with Gasteiger partial charge in [-0.3, -0.25) is 4.68 Å². The first-order valence-corrected chi connectivity index (χ1v) is 5.62. The first-order chi connectivity index (χ1) is 8.41. The molecule has 96 valence electrons. The molecule has 0 atom stereocenters. The predicted molar refractivity (Wildman–Crippen MR) is 63.0 cm³/mol. The molecule has 0 aliphatic carbocycles. The highest BCUT2D eigenvalue weighted by molar-refractivity contribution is 5.66. The third-order valence-electron chi connectivity index (χ3n) is 2.77. The van der Waals surface area contributed by atoms with E-state index in [1.54, 1.807) is 12.1 Å². The van der Waals surface area contributed by atoms with Gasteiger partial charge in [-0.15, -0.1) is 0 Å². The van der Waals surface area contributed by atoms with Crippen LogP contribution in [0.25, 0.3) is 11.1 Å². The molecule has 0 amide bonds. The lowest BCUT2D eigenvalue weighted by atomic mass is 10.0. The molecule has 0 saturated carbocycles. The third-order valence-corrected chi connectivity index (χ3v) is 2.77. The highest BCUT2D eigenvalue weighted by Gasteiger charge is 2.37. The summed E-state index contributed by atoms with van der Waals surface area (Å²) in [5, 5.41) is 3.49. The molecule has 18 heavy (non-hydrogen) atoms. The van der Waals surface area contributed by atoms with E-state index >= 15 is 0 Å². The molecule has 0 bridgehead atoms. The standard InChI is InChI=1S/C13H13F3N2/c1-3-9-4-6-10(7-5-9)11-8-18(2)17-12(11)13(14,15)16/h4-8H,3H2,1-2H3. The topological polar surface area (TPSA) is 17.8 Å². The Hall–Kier alpha value is -1.78. The zero-order valence-corrected chi connectivity index (χ0v) is 10.1. The summed E-state index contributed by atoms with van der Waals surface area (Å²) in [4.78, 5) is 0. The Bertz CT molecular complexity index is 538. The molecule has 1 aromatic carbocycles. The van der Waals surface area contributed by atoms with Gasteiger partial charge in [0.15, 0.2) is 5.69 Å². The van der Waals surface area contributed by atoms with Crippen LogP contribution in [-0.2, 0) is 19.6 Å². The maximum atomic E-state index is 12.8. The maximum absolute atomic E-state index is 12.8. The van der Waals surface area contributed by atoms with Gasteiger partial charge in [0.2, 0.25) is 0 Å². The number of benzene rings is 1. The van der Waals surface area contributed by atoms with Gasteiger partial charge >= 0.3 is 6.18 Å². The lowest BCUT2D eigenvalue weighted by Gasteiger charge is -2.06. The summed E-state index contributed by atoms with van der Waals surface area (Å²) in [5.41, 5.74) is 0.908. The number of nitrogens with zero attached hydrogens (tertiary/aromatic N) is 2. The molecule has 0 N–H and O–H groups in total. The zero-order valence-electron chi connectivity index (χ0n) is 10.1. The molecule has 1 heterocycles. The molecule has 2 rings (SSSR count). The molecule has 1 aromatic heterocycles. The Labute approximate surface area is 103 Å². The van der Waals surface area contributed by atoms with Crippen molar-refractivity contribution in [3.8, 4) is 11.1 Å². The highest BCUT2D eigenvalue weighted by Crippen LogP contribution is 2.35. The van der Waals surface area contributed by atoms with E-state index in [1.165, 1.54) is 17.9 Å². The Kier molecular flexibility index (Phi) is 3.15. The maximum Gasteiger partial charge on any atom is 0.435 e. The Balaban J connectivity index is 2.49. The van der Waals surface area contributed by atoms with Gasteiger partial charge < -0.3 is 0 Å². The molecule has 2 nitrogen and oxygen atoms in total. The van der Waals surface area contributed by atoms with Crippen LogP contribution in [0, 0.1) is 0 Å². The quantitative estimate of drug-likeness (QED) is 0.799. The summed E-state index contributed by atoms with van der Waals surface area (Å²) >= 11 is 0. The Morgan fingerprint density at radius 2 is 1.78 bits per heavy atom. The van der Waals surface area contributed by atoms with E-state index in [1.807, 2.05) is 19.1 Å². The highest BCUT2D eigenvalue weighted by atomic mass is 19.4. The number of aryl methyl sites for hydroxylation is 2. The van der Waals surface area contributed by atoms with Crippen molar-refractivity contribution in [3.05, 3.63) is 41.7 Å². The number of halogens is 3. The van der Waals surface area contributed by atoms with Crippen LogP contribution in [0.4, 0.5) is 13.2 Å². The average molecular weight is 254 g/mol. The SMILES string of the molecule is CCc1ccc(-c2cn(C)nc2C(F)(F)F)cc1. The van der Waals surface area contributed by atoms with Crippen LogP contribution in [-0.4, -0.2) is 9.78 Å². The van der Waals surface area contributed by atoms with E-state index in [2.05, 4.69) is 5.10 Å². The van der Waals surface area contributed by atoms with Gasteiger partial charge in [-0.1, -0.05) is 31.2 Å². The number of rotatable bonds is 2. The van der Waals surface area contributed by atoms with Crippen molar-refractivity contribution in [1.29, 1.82) is 0 Å². The van der Waals surface area contributed by atoms with E-state index in [0.717, 1.165) is 12.0 Å². The van der Waals surface area contributed by atoms with Crippen LogP contribution in [0.1, 0.15) is 18.2 Å². The fourth-order valence-electron chi connectivity index (χ4n) is 1.83. The lowest BCUT2D eigenvalue weighted by Crippen LogP contribution is -2.08. The molecule has 0 aliphatic heterocycles. The van der Waals surface area contributed by atoms with Gasteiger partial charge in [0.05, 0.1) is 0 Å². The summed E-state index contributed by atoms with van der Waals surface area (Å²) in [5.74, 6) is 0. The van der Waals surface area contributed by atoms with Crippen LogP contribution < -0.4 is 0 Å². The minimum absolute atomic E-state index is 0.118. The third kappa shape index (κ3) is 2.39. The van der Waals surface area contributed by atoms with E-state index in [4.69, 9.17) is 0 Å². The number of aromatic nitrogens is 2. The number of hydrogen-bond donors (Lipinski definition) is 0. The summed E-state index contributed by atoms with van der Waals surface area (Å²) in [7, 11) is 1.49.